The van der Waals surface area contributed by atoms with Crippen LogP contribution >= 0.6 is 0 Å². The van der Waals surface area contributed by atoms with Gasteiger partial charge in [0.1, 0.15) is 0 Å². The van der Waals surface area contributed by atoms with E-state index in [9.17, 15) is 0 Å². The lowest BCUT2D eigenvalue weighted by Crippen LogP contribution is -2.17. The molecule has 0 aliphatic rings. The van der Waals surface area contributed by atoms with Gasteiger partial charge in [-0.1, -0.05) is 55.3 Å². The summed E-state index contributed by atoms with van der Waals surface area (Å²) in [6.07, 6.45) is 4.61. The first kappa shape index (κ1) is 13.0. The summed E-state index contributed by atoms with van der Waals surface area (Å²) in [6, 6.07) is 8.70. The lowest BCUT2D eigenvalue weighted by molar-refractivity contribution is 0.706. The van der Waals surface area contributed by atoms with Crippen LogP contribution in [0.3, 0.4) is 0 Å². The van der Waals surface area contributed by atoms with E-state index in [1.165, 1.54) is 23.1 Å². The van der Waals surface area contributed by atoms with Gasteiger partial charge in [-0.05, 0) is 31.9 Å². The third-order valence-electron chi connectivity index (χ3n) is 2.68. The maximum absolute atomic E-state index is 3.45. The third kappa shape index (κ3) is 4.63. The Hall–Kier alpha value is -1.08. The predicted molar refractivity (Wildman–Crippen MR) is 72.6 cm³/mol. The Labute approximate surface area is 99.6 Å². The van der Waals surface area contributed by atoms with E-state index in [1.54, 1.807) is 0 Å². The Morgan fingerprint density at radius 1 is 1.19 bits per heavy atom. The van der Waals surface area contributed by atoms with E-state index in [-0.39, 0.29) is 0 Å². The van der Waals surface area contributed by atoms with E-state index in [0.29, 0.717) is 0 Å². The van der Waals surface area contributed by atoms with Crippen LogP contribution in [0.2, 0.25) is 0 Å². The standard InChI is InChI=1S/C15H23N/c1-4-10-16-12-14(5-2)11-15-8-6-13(3)7-9-15/h6-9,11,16H,4-5,10,12H2,1-3H3. The van der Waals surface area contributed by atoms with Gasteiger partial charge in [0.15, 0.2) is 0 Å². The van der Waals surface area contributed by atoms with Gasteiger partial charge in [0.2, 0.25) is 0 Å². The van der Waals surface area contributed by atoms with Crippen LogP contribution < -0.4 is 5.32 Å². The first-order valence-corrected chi connectivity index (χ1v) is 6.23. The van der Waals surface area contributed by atoms with E-state index in [2.05, 4.69) is 56.4 Å². The number of aryl methyl sites for hydroxylation is 1. The summed E-state index contributed by atoms with van der Waals surface area (Å²) >= 11 is 0. The van der Waals surface area contributed by atoms with Crippen molar-refractivity contribution in [3.8, 4) is 0 Å². The molecule has 16 heavy (non-hydrogen) atoms. The van der Waals surface area contributed by atoms with Gasteiger partial charge in [-0.25, -0.2) is 0 Å². The molecule has 0 aromatic heterocycles. The summed E-state index contributed by atoms with van der Waals surface area (Å²) in [4.78, 5) is 0. The van der Waals surface area contributed by atoms with E-state index in [0.717, 1.165) is 19.5 Å². The molecule has 0 saturated carbocycles. The third-order valence-corrected chi connectivity index (χ3v) is 2.68. The van der Waals surface area contributed by atoms with E-state index < -0.39 is 0 Å². The fourth-order valence-corrected chi connectivity index (χ4v) is 1.60. The van der Waals surface area contributed by atoms with Gasteiger partial charge in [-0.2, -0.15) is 0 Å². The number of benzene rings is 1. The summed E-state index contributed by atoms with van der Waals surface area (Å²) < 4.78 is 0. The molecule has 1 heteroatoms. The maximum Gasteiger partial charge on any atom is 0.0167 e. The second-order valence-electron chi connectivity index (χ2n) is 4.24. The lowest BCUT2D eigenvalue weighted by atomic mass is 10.1. The summed E-state index contributed by atoms with van der Waals surface area (Å²) in [5.74, 6) is 0. The monoisotopic (exact) mass is 217 g/mol. The second kappa shape index (κ2) is 7.24. The number of hydrogen-bond donors (Lipinski definition) is 1. The van der Waals surface area contributed by atoms with Crippen LogP contribution in [0, 0.1) is 6.92 Å². The fraction of sp³-hybridized carbons (Fsp3) is 0.467. The summed E-state index contributed by atoms with van der Waals surface area (Å²) in [6.45, 7) is 8.65. The normalized spacial score (nSPS) is 11.8. The van der Waals surface area contributed by atoms with Crippen molar-refractivity contribution in [2.45, 2.75) is 33.6 Å². The quantitative estimate of drug-likeness (QED) is 0.715. The molecular formula is C15H23N. The molecule has 1 N–H and O–H groups in total. The van der Waals surface area contributed by atoms with Crippen LogP contribution in [0.5, 0.6) is 0 Å². The highest BCUT2D eigenvalue weighted by Crippen LogP contribution is 2.10. The van der Waals surface area contributed by atoms with Gasteiger partial charge in [-0.15, -0.1) is 0 Å². The van der Waals surface area contributed by atoms with Crippen LogP contribution in [-0.2, 0) is 0 Å². The van der Waals surface area contributed by atoms with E-state index in [4.69, 9.17) is 0 Å². The highest BCUT2D eigenvalue weighted by atomic mass is 14.8. The average Bonchev–Trinajstić information content (AvgIpc) is 2.31. The molecule has 0 heterocycles. The van der Waals surface area contributed by atoms with Gasteiger partial charge in [0, 0.05) is 6.54 Å². The minimum atomic E-state index is 1.01. The zero-order valence-corrected chi connectivity index (χ0v) is 10.7. The molecule has 0 fully saturated rings. The molecule has 0 bridgehead atoms. The number of hydrogen-bond acceptors (Lipinski definition) is 1. The van der Waals surface area contributed by atoms with Crippen molar-refractivity contribution in [2.75, 3.05) is 13.1 Å². The molecule has 88 valence electrons. The topological polar surface area (TPSA) is 12.0 Å². The van der Waals surface area contributed by atoms with Crippen LogP contribution in [0.25, 0.3) is 6.08 Å². The lowest BCUT2D eigenvalue weighted by Gasteiger charge is -2.06. The molecule has 1 rings (SSSR count). The summed E-state index contributed by atoms with van der Waals surface area (Å²) in [5, 5.41) is 3.45. The van der Waals surface area contributed by atoms with Gasteiger partial charge in [-0.3, -0.25) is 0 Å². The zero-order chi connectivity index (χ0) is 11.8. The first-order chi connectivity index (χ1) is 7.76. The Morgan fingerprint density at radius 3 is 2.44 bits per heavy atom. The average molecular weight is 217 g/mol. The molecule has 1 aromatic carbocycles. The molecule has 1 nitrogen and oxygen atoms in total. The van der Waals surface area contributed by atoms with E-state index in [1.807, 2.05) is 0 Å². The molecular weight excluding hydrogens is 194 g/mol. The van der Waals surface area contributed by atoms with Crippen molar-refractivity contribution in [3.05, 3.63) is 41.0 Å². The molecule has 0 aliphatic heterocycles. The first-order valence-electron chi connectivity index (χ1n) is 6.23. The molecule has 0 aliphatic carbocycles. The Balaban J connectivity index is 2.60. The van der Waals surface area contributed by atoms with Crippen molar-refractivity contribution in [1.82, 2.24) is 5.32 Å². The van der Waals surface area contributed by atoms with Crippen LogP contribution in [0.4, 0.5) is 0 Å². The Morgan fingerprint density at radius 2 is 1.88 bits per heavy atom. The molecule has 0 unspecified atom stereocenters. The van der Waals surface area contributed by atoms with Gasteiger partial charge in [0.25, 0.3) is 0 Å². The predicted octanol–water partition coefficient (Wildman–Crippen LogP) is 3.79. The van der Waals surface area contributed by atoms with Gasteiger partial charge in [0.05, 0.1) is 0 Å². The SMILES string of the molecule is CCCNCC(=Cc1ccc(C)cc1)CC. The molecule has 0 saturated heterocycles. The minimum Gasteiger partial charge on any atom is -0.313 e. The van der Waals surface area contributed by atoms with Crippen molar-refractivity contribution < 1.29 is 0 Å². The zero-order valence-electron chi connectivity index (χ0n) is 10.7. The Kier molecular flexibility index (Phi) is 5.87. The fourth-order valence-electron chi connectivity index (χ4n) is 1.60. The van der Waals surface area contributed by atoms with Crippen LogP contribution in [-0.4, -0.2) is 13.1 Å². The smallest absolute Gasteiger partial charge is 0.0167 e. The minimum absolute atomic E-state index is 1.01. The maximum atomic E-state index is 3.45. The van der Waals surface area contributed by atoms with Crippen molar-refractivity contribution >= 4 is 6.08 Å². The molecule has 0 radical (unpaired) electrons. The van der Waals surface area contributed by atoms with Gasteiger partial charge >= 0.3 is 0 Å². The highest BCUT2D eigenvalue weighted by molar-refractivity contribution is 5.53. The Bertz CT molecular complexity index is 322. The molecule has 0 spiro atoms. The molecule has 1 aromatic rings. The second-order valence-corrected chi connectivity index (χ2v) is 4.24. The van der Waals surface area contributed by atoms with Crippen LogP contribution in [0.1, 0.15) is 37.8 Å². The van der Waals surface area contributed by atoms with Crippen molar-refractivity contribution in [1.29, 1.82) is 0 Å². The van der Waals surface area contributed by atoms with Crippen molar-refractivity contribution in [2.24, 2.45) is 0 Å². The van der Waals surface area contributed by atoms with Crippen LogP contribution in [0.15, 0.2) is 29.8 Å². The molecule has 0 atom stereocenters. The van der Waals surface area contributed by atoms with Gasteiger partial charge < -0.3 is 5.32 Å². The summed E-state index contributed by atoms with van der Waals surface area (Å²) in [7, 11) is 0. The van der Waals surface area contributed by atoms with E-state index >= 15 is 0 Å². The highest BCUT2D eigenvalue weighted by Gasteiger charge is 1.95. The van der Waals surface area contributed by atoms with Crippen molar-refractivity contribution in [3.63, 3.8) is 0 Å². The number of rotatable bonds is 6. The largest absolute Gasteiger partial charge is 0.313 e. The number of nitrogens with one attached hydrogen (secondary N) is 1. The molecule has 0 amide bonds. The summed E-state index contributed by atoms with van der Waals surface area (Å²) in [5.41, 5.74) is 4.09.